The summed E-state index contributed by atoms with van der Waals surface area (Å²) < 4.78 is 33.9. The molecule has 2 unspecified atom stereocenters. The Labute approximate surface area is 209 Å². The van der Waals surface area contributed by atoms with Gasteiger partial charge in [-0.1, -0.05) is 6.92 Å². The lowest BCUT2D eigenvalue weighted by Gasteiger charge is -2.34. The molecule has 0 spiro atoms. The van der Waals surface area contributed by atoms with Crippen molar-refractivity contribution in [1.29, 1.82) is 0 Å². The fraction of sp³-hybridized carbons (Fsp3) is 0.417. The van der Waals surface area contributed by atoms with Gasteiger partial charge in [0.15, 0.2) is 0 Å². The molecule has 1 aliphatic rings. The number of imidazole rings is 1. The molecule has 0 bridgehead atoms. The zero-order chi connectivity index (χ0) is 24.5. The lowest BCUT2D eigenvalue weighted by atomic mass is 9.92. The number of rotatable bonds is 7. The van der Waals surface area contributed by atoms with Crippen LogP contribution < -0.4 is 9.64 Å². The van der Waals surface area contributed by atoms with Crippen molar-refractivity contribution in [2.24, 2.45) is 5.92 Å². The van der Waals surface area contributed by atoms with Crippen molar-refractivity contribution in [2.45, 2.75) is 44.1 Å². The molecular weight excluding hydrogens is 487 g/mol. The number of hydrogen-bond donors (Lipinski definition) is 0. The molecule has 1 aromatic carbocycles. The number of benzene rings is 1. The van der Waals surface area contributed by atoms with Crippen LogP contribution in [0, 0.1) is 11.7 Å². The lowest BCUT2D eigenvalue weighted by molar-refractivity contribution is 0.131. The molecule has 5 rings (SSSR count). The number of aryl methyl sites for hydroxylation is 1. The third-order valence-corrected chi connectivity index (χ3v) is 8.18. The predicted molar refractivity (Wildman–Crippen MR) is 135 cm³/mol. The normalized spacial score (nSPS) is 16.5. The van der Waals surface area contributed by atoms with Crippen LogP contribution in [-0.2, 0) is 17.2 Å². The summed E-state index contributed by atoms with van der Waals surface area (Å²) >= 11 is 1.34. The van der Waals surface area contributed by atoms with Gasteiger partial charge in [-0.05, 0) is 67.2 Å². The summed E-state index contributed by atoms with van der Waals surface area (Å²) in [5.74, 6) is 0.747. The van der Waals surface area contributed by atoms with Crippen molar-refractivity contribution in [3.63, 3.8) is 0 Å². The Morgan fingerprint density at radius 3 is 2.63 bits per heavy atom. The van der Waals surface area contributed by atoms with Gasteiger partial charge >= 0.3 is 0 Å². The molecule has 0 saturated carbocycles. The highest BCUT2D eigenvalue weighted by molar-refractivity contribution is 7.84. The SMILES string of the molecule is CCc1cnc(N2CCC(C(C)Oc3nn4cc(-c5ccc(S(C)=O)cc5F)nc4s3)CC2)nc1. The molecule has 1 aliphatic heterocycles. The monoisotopic (exact) mass is 514 g/mol. The van der Waals surface area contributed by atoms with Crippen LogP contribution >= 0.6 is 11.3 Å². The Hall–Kier alpha value is -2.92. The zero-order valence-corrected chi connectivity index (χ0v) is 21.5. The van der Waals surface area contributed by atoms with E-state index in [2.05, 4.69) is 38.8 Å². The molecule has 0 radical (unpaired) electrons. The molecule has 2 atom stereocenters. The van der Waals surface area contributed by atoms with Crippen LogP contribution in [0.2, 0.25) is 0 Å². The van der Waals surface area contributed by atoms with E-state index < -0.39 is 16.6 Å². The molecular formula is C24H27FN6O2S2. The lowest BCUT2D eigenvalue weighted by Crippen LogP contribution is -2.39. The number of halogens is 1. The molecule has 4 heterocycles. The molecule has 0 aliphatic carbocycles. The van der Waals surface area contributed by atoms with Crippen LogP contribution in [0.1, 0.15) is 32.3 Å². The van der Waals surface area contributed by atoms with E-state index in [-0.39, 0.29) is 6.10 Å². The highest BCUT2D eigenvalue weighted by atomic mass is 32.2. The fourth-order valence-corrected chi connectivity index (χ4v) is 5.60. The summed E-state index contributed by atoms with van der Waals surface area (Å²) in [5.41, 5.74) is 1.98. The zero-order valence-electron chi connectivity index (χ0n) is 19.8. The molecule has 3 aromatic heterocycles. The second kappa shape index (κ2) is 9.98. The summed E-state index contributed by atoms with van der Waals surface area (Å²) in [4.78, 5) is 16.8. The Balaban J connectivity index is 1.21. The molecule has 0 amide bonds. The Kier molecular flexibility index (Phi) is 6.79. The largest absolute Gasteiger partial charge is 0.466 e. The van der Waals surface area contributed by atoms with Crippen molar-refractivity contribution in [2.75, 3.05) is 24.2 Å². The van der Waals surface area contributed by atoms with Crippen LogP contribution in [0.4, 0.5) is 10.3 Å². The molecule has 4 aromatic rings. The fourth-order valence-electron chi connectivity index (χ4n) is 4.26. The summed E-state index contributed by atoms with van der Waals surface area (Å²) in [6.07, 6.45) is 9.95. The van der Waals surface area contributed by atoms with Crippen molar-refractivity contribution in [3.8, 4) is 16.5 Å². The minimum Gasteiger partial charge on any atom is -0.466 e. The molecule has 0 N–H and O–H groups in total. The first kappa shape index (κ1) is 23.8. The van der Waals surface area contributed by atoms with E-state index in [1.807, 2.05) is 12.4 Å². The molecule has 1 fully saturated rings. The van der Waals surface area contributed by atoms with E-state index in [4.69, 9.17) is 4.74 Å². The van der Waals surface area contributed by atoms with Crippen LogP contribution in [0.3, 0.4) is 0 Å². The predicted octanol–water partition coefficient (Wildman–Crippen LogP) is 4.37. The maximum atomic E-state index is 14.5. The Bertz CT molecular complexity index is 1320. The number of piperidine rings is 1. The van der Waals surface area contributed by atoms with E-state index >= 15 is 0 Å². The van der Waals surface area contributed by atoms with Gasteiger partial charge in [-0.15, -0.1) is 5.10 Å². The van der Waals surface area contributed by atoms with Gasteiger partial charge < -0.3 is 9.64 Å². The van der Waals surface area contributed by atoms with Crippen molar-refractivity contribution in [1.82, 2.24) is 24.6 Å². The van der Waals surface area contributed by atoms with Crippen molar-refractivity contribution in [3.05, 3.63) is 48.2 Å². The molecule has 184 valence electrons. The highest BCUT2D eigenvalue weighted by Crippen LogP contribution is 2.31. The van der Waals surface area contributed by atoms with E-state index in [1.165, 1.54) is 23.7 Å². The second-order valence-electron chi connectivity index (χ2n) is 8.71. The van der Waals surface area contributed by atoms with E-state index in [0.717, 1.165) is 43.9 Å². The number of hydrogen-bond acceptors (Lipinski definition) is 8. The minimum atomic E-state index is -1.24. The van der Waals surface area contributed by atoms with Gasteiger partial charge in [-0.3, -0.25) is 4.21 Å². The van der Waals surface area contributed by atoms with Gasteiger partial charge in [0.05, 0.1) is 11.9 Å². The maximum Gasteiger partial charge on any atom is 0.294 e. The van der Waals surface area contributed by atoms with Crippen molar-refractivity contribution >= 4 is 33.0 Å². The quantitative estimate of drug-likeness (QED) is 0.362. The topological polar surface area (TPSA) is 85.5 Å². The number of aromatic nitrogens is 5. The first-order chi connectivity index (χ1) is 16.9. The van der Waals surface area contributed by atoms with Gasteiger partial charge in [0, 0.05) is 53.0 Å². The number of ether oxygens (including phenoxy) is 1. The van der Waals surface area contributed by atoms with E-state index in [0.29, 0.717) is 32.2 Å². The van der Waals surface area contributed by atoms with Gasteiger partial charge in [0.1, 0.15) is 11.9 Å². The molecule has 11 heteroatoms. The number of nitrogens with zero attached hydrogens (tertiary/aromatic N) is 6. The third kappa shape index (κ3) is 5.06. The first-order valence-corrected chi connectivity index (χ1v) is 14.0. The highest BCUT2D eigenvalue weighted by Gasteiger charge is 2.27. The van der Waals surface area contributed by atoms with Crippen LogP contribution in [0.25, 0.3) is 16.2 Å². The van der Waals surface area contributed by atoms with Crippen LogP contribution in [0.15, 0.2) is 41.7 Å². The smallest absolute Gasteiger partial charge is 0.294 e. The van der Waals surface area contributed by atoms with Crippen LogP contribution in [0.5, 0.6) is 5.19 Å². The van der Waals surface area contributed by atoms with Crippen LogP contribution in [-0.4, -0.2) is 54.2 Å². The first-order valence-electron chi connectivity index (χ1n) is 11.6. The standard InChI is InChI=1S/C24H27FN6O2S2/c1-4-16-12-26-22(27-13-16)30-9-7-17(8-10-30)15(2)33-24-29-31-14-21(28-23(31)34-24)19-6-5-18(35(3)32)11-20(19)25/h5-6,11-15,17H,4,7-10H2,1-3H3. The summed E-state index contributed by atoms with van der Waals surface area (Å²) in [6, 6.07) is 4.55. The molecule has 35 heavy (non-hydrogen) atoms. The van der Waals surface area contributed by atoms with E-state index in [9.17, 15) is 8.60 Å². The Morgan fingerprint density at radius 1 is 1.26 bits per heavy atom. The summed E-state index contributed by atoms with van der Waals surface area (Å²) in [5, 5.41) is 5.04. The van der Waals surface area contributed by atoms with E-state index in [1.54, 1.807) is 22.8 Å². The summed E-state index contributed by atoms with van der Waals surface area (Å²) in [7, 11) is -1.24. The number of anilines is 1. The van der Waals surface area contributed by atoms with Gasteiger partial charge in [-0.2, -0.15) is 0 Å². The van der Waals surface area contributed by atoms with Gasteiger partial charge in [0.2, 0.25) is 10.9 Å². The Morgan fingerprint density at radius 2 is 2.00 bits per heavy atom. The average Bonchev–Trinajstić information content (AvgIpc) is 3.42. The summed E-state index contributed by atoms with van der Waals surface area (Å²) in [6.45, 7) is 5.96. The molecule has 8 nitrogen and oxygen atoms in total. The van der Waals surface area contributed by atoms with Crippen molar-refractivity contribution < 1.29 is 13.3 Å². The average molecular weight is 515 g/mol. The number of fused-ring (bicyclic) bond motifs is 1. The van der Waals surface area contributed by atoms with Gasteiger partial charge in [-0.25, -0.2) is 23.9 Å². The third-order valence-electron chi connectivity index (χ3n) is 6.45. The minimum absolute atomic E-state index is 0.00997. The molecule has 1 saturated heterocycles. The second-order valence-corrected chi connectivity index (χ2v) is 11.0. The maximum absolute atomic E-state index is 14.5. The van der Waals surface area contributed by atoms with Gasteiger partial charge in [0.25, 0.3) is 5.19 Å².